The molecule has 1 unspecified atom stereocenters. The molecule has 1 saturated heterocycles. The molecule has 2 aliphatic rings. The highest BCUT2D eigenvalue weighted by Crippen LogP contribution is 2.39. The first-order valence-corrected chi connectivity index (χ1v) is 9.24. The van der Waals surface area contributed by atoms with Gasteiger partial charge in [-0.2, -0.15) is 0 Å². The minimum absolute atomic E-state index is 0.00246. The molecule has 2 aliphatic heterocycles. The molecule has 5 heteroatoms. The van der Waals surface area contributed by atoms with Crippen molar-refractivity contribution in [1.29, 1.82) is 0 Å². The van der Waals surface area contributed by atoms with Crippen LogP contribution >= 0.6 is 0 Å². The van der Waals surface area contributed by atoms with E-state index in [2.05, 4.69) is 5.16 Å². The number of oxime groups is 1. The number of hydrogen-bond acceptors (Lipinski definition) is 4. The number of anilines is 1. The number of aryl methyl sites for hydroxylation is 1. The van der Waals surface area contributed by atoms with Crippen LogP contribution in [-0.2, 0) is 14.4 Å². The lowest BCUT2D eigenvalue weighted by Crippen LogP contribution is -2.40. The molecule has 3 aromatic carbocycles. The highest BCUT2D eigenvalue weighted by molar-refractivity contribution is 6.26. The summed E-state index contributed by atoms with van der Waals surface area (Å²) in [5.74, 6) is -0.612. The van der Waals surface area contributed by atoms with Crippen LogP contribution in [0.15, 0.2) is 71.9 Å². The van der Waals surface area contributed by atoms with Gasteiger partial charge in [0, 0.05) is 6.42 Å². The molecule has 0 N–H and O–H groups in total. The molecule has 0 radical (unpaired) electrons. The zero-order valence-corrected chi connectivity index (χ0v) is 15.4. The van der Waals surface area contributed by atoms with E-state index in [-0.39, 0.29) is 18.2 Å². The molecule has 5 nitrogen and oxygen atoms in total. The predicted molar refractivity (Wildman–Crippen MR) is 107 cm³/mol. The number of rotatable bonds is 2. The first kappa shape index (κ1) is 16.7. The van der Waals surface area contributed by atoms with E-state index in [1.165, 1.54) is 4.90 Å². The molecule has 5 rings (SSSR count). The van der Waals surface area contributed by atoms with Crippen LogP contribution in [0.25, 0.3) is 10.8 Å². The molecular weight excluding hydrogens is 352 g/mol. The van der Waals surface area contributed by atoms with Crippen LogP contribution in [0.4, 0.5) is 5.69 Å². The largest absolute Gasteiger partial charge is 0.378 e. The number of nitrogens with zero attached hydrogens (tertiary/aromatic N) is 2. The van der Waals surface area contributed by atoms with Gasteiger partial charge in [-0.15, -0.1) is 0 Å². The van der Waals surface area contributed by atoms with Crippen LogP contribution in [0.3, 0.4) is 0 Å². The van der Waals surface area contributed by atoms with E-state index in [0.717, 1.165) is 21.9 Å². The van der Waals surface area contributed by atoms with Crippen molar-refractivity contribution in [2.75, 3.05) is 4.90 Å². The van der Waals surface area contributed by atoms with Gasteiger partial charge >= 0.3 is 0 Å². The number of carbonyl (C=O) groups is 2. The van der Waals surface area contributed by atoms with E-state index in [0.29, 0.717) is 17.8 Å². The normalized spacial score (nSPS) is 21.5. The van der Waals surface area contributed by atoms with Crippen LogP contribution in [0.5, 0.6) is 0 Å². The molecule has 2 amide bonds. The van der Waals surface area contributed by atoms with E-state index in [1.54, 1.807) is 6.07 Å². The maximum absolute atomic E-state index is 13.2. The van der Waals surface area contributed by atoms with Crippen molar-refractivity contribution in [3.63, 3.8) is 0 Å². The molecule has 1 fully saturated rings. The molecule has 0 saturated carbocycles. The number of imide groups is 1. The second-order valence-electron chi connectivity index (χ2n) is 7.41. The van der Waals surface area contributed by atoms with Crippen LogP contribution in [0.2, 0.25) is 0 Å². The molecule has 28 heavy (non-hydrogen) atoms. The van der Waals surface area contributed by atoms with Crippen molar-refractivity contribution in [3.8, 4) is 0 Å². The molecule has 0 bridgehead atoms. The summed E-state index contributed by atoms with van der Waals surface area (Å²) in [6.07, 6.45) is 0.294. The topological polar surface area (TPSA) is 59.0 Å². The zero-order chi connectivity index (χ0) is 19.3. The molecule has 1 spiro atoms. The quantitative estimate of drug-likeness (QED) is 0.641. The number of fused-ring (bicyclic) bond motifs is 1. The lowest BCUT2D eigenvalue weighted by Gasteiger charge is -2.19. The summed E-state index contributed by atoms with van der Waals surface area (Å²) in [5, 5.41) is 6.19. The van der Waals surface area contributed by atoms with Crippen molar-refractivity contribution in [2.45, 2.75) is 25.4 Å². The van der Waals surface area contributed by atoms with Gasteiger partial charge in [-0.3, -0.25) is 9.59 Å². The van der Waals surface area contributed by atoms with E-state index in [9.17, 15) is 9.59 Å². The second kappa shape index (κ2) is 6.02. The monoisotopic (exact) mass is 370 g/mol. The van der Waals surface area contributed by atoms with Crippen molar-refractivity contribution < 1.29 is 14.4 Å². The average molecular weight is 370 g/mol. The molecule has 0 aromatic heterocycles. The van der Waals surface area contributed by atoms with Crippen LogP contribution in [0.1, 0.15) is 24.0 Å². The Bertz CT molecular complexity index is 1150. The van der Waals surface area contributed by atoms with Gasteiger partial charge in [0.1, 0.15) is 0 Å². The molecule has 138 valence electrons. The van der Waals surface area contributed by atoms with Crippen molar-refractivity contribution >= 4 is 34.0 Å². The van der Waals surface area contributed by atoms with Gasteiger partial charge < -0.3 is 4.84 Å². The molecule has 1 atom stereocenters. The summed E-state index contributed by atoms with van der Waals surface area (Å²) < 4.78 is 0. The summed E-state index contributed by atoms with van der Waals surface area (Å²) in [7, 11) is 0. The van der Waals surface area contributed by atoms with E-state index >= 15 is 0 Å². The molecule has 3 aromatic rings. The molecule has 0 aliphatic carbocycles. The van der Waals surface area contributed by atoms with Gasteiger partial charge in [0.05, 0.1) is 17.8 Å². The van der Waals surface area contributed by atoms with Crippen molar-refractivity contribution in [2.24, 2.45) is 5.16 Å². The Balaban J connectivity index is 1.45. The Morgan fingerprint density at radius 3 is 2.46 bits per heavy atom. The SMILES string of the molecule is Cc1ccc(C2=NOC3(CC(=O)N(c4ccc5ccccc5c4)C3=O)C2)cc1. The Kier molecular flexibility index (Phi) is 3.59. The average Bonchev–Trinajstić information content (AvgIpc) is 3.23. The standard InChI is InChI=1S/C23H18N2O3/c1-15-6-8-17(9-7-15)20-13-23(28-24-20)14-21(26)25(22(23)27)19-11-10-16-4-2-3-5-18(16)12-19/h2-12H,13-14H2,1H3. The van der Waals surface area contributed by atoms with E-state index in [4.69, 9.17) is 4.84 Å². The highest BCUT2D eigenvalue weighted by Gasteiger charge is 2.58. The molecular formula is C23H18N2O3. The smallest absolute Gasteiger partial charge is 0.281 e. The third-order valence-corrected chi connectivity index (χ3v) is 5.44. The van der Waals surface area contributed by atoms with Gasteiger partial charge in [-0.1, -0.05) is 65.3 Å². The number of amides is 2. The van der Waals surface area contributed by atoms with Gasteiger partial charge in [0.25, 0.3) is 5.91 Å². The van der Waals surface area contributed by atoms with Gasteiger partial charge in [0.15, 0.2) is 0 Å². The maximum Gasteiger partial charge on any atom is 0.281 e. The summed E-state index contributed by atoms with van der Waals surface area (Å²) in [6.45, 7) is 2.01. The Morgan fingerprint density at radius 1 is 0.929 bits per heavy atom. The van der Waals surface area contributed by atoms with Crippen LogP contribution in [0, 0.1) is 6.92 Å². The summed E-state index contributed by atoms with van der Waals surface area (Å²) in [6, 6.07) is 21.3. The lowest BCUT2D eigenvalue weighted by molar-refractivity contribution is -0.136. The fourth-order valence-electron chi connectivity index (χ4n) is 3.88. The minimum atomic E-state index is -1.23. The summed E-state index contributed by atoms with van der Waals surface area (Å²) in [4.78, 5) is 32.8. The Hall–Kier alpha value is -3.47. The van der Waals surface area contributed by atoms with Gasteiger partial charge in [0.2, 0.25) is 11.5 Å². The number of hydrogen-bond donors (Lipinski definition) is 0. The minimum Gasteiger partial charge on any atom is -0.378 e. The summed E-state index contributed by atoms with van der Waals surface area (Å²) in [5.41, 5.74) is 2.09. The zero-order valence-electron chi connectivity index (χ0n) is 15.4. The van der Waals surface area contributed by atoms with Gasteiger partial charge in [-0.25, -0.2) is 4.90 Å². The van der Waals surface area contributed by atoms with Crippen LogP contribution in [-0.4, -0.2) is 23.1 Å². The highest BCUT2D eigenvalue weighted by atomic mass is 16.7. The fourth-order valence-corrected chi connectivity index (χ4v) is 3.88. The maximum atomic E-state index is 13.2. The predicted octanol–water partition coefficient (Wildman–Crippen LogP) is 3.97. The first-order chi connectivity index (χ1) is 13.6. The van der Waals surface area contributed by atoms with Crippen LogP contribution < -0.4 is 4.90 Å². The fraction of sp³-hybridized carbons (Fsp3) is 0.174. The summed E-state index contributed by atoms with van der Waals surface area (Å²) >= 11 is 0. The second-order valence-corrected chi connectivity index (χ2v) is 7.41. The Morgan fingerprint density at radius 2 is 1.68 bits per heavy atom. The van der Waals surface area contributed by atoms with Gasteiger partial charge in [-0.05, 0) is 35.4 Å². The Labute approximate surface area is 162 Å². The van der Waals surface area contributed by atoms with Crippen molar-refractivity contribution in [1.82, 2.24) is 0 Å². The lowest BCUT2D eigenvalue weighted by atomic mass is 9.92. The third-order valence-electron chi connectivity index (χ3n) is 5.44. The molecule has 2 heterocycles. The third kappa shape index (κ3) is 2.51. The van der Waals surface area contributed by atoms with E-state index in [1.807, 2.05) is 67.6 Å². The van der Waals surface area contributed by atoms with Crippen molar-refractivity contribution in [3.05, 3.63) is 77.9 Å². The first-order valence-electron chi connectivity index (χ1n) is 9.24. The number of benzene rings is 3. The van der Waals surface area contributed by atoms with E-state index < -0.39 is 5.60 Å². The number of carbonyl (C=O) groups excluding carboxylic acids is 2.